The van der Waals surface area contributed by atoms with Crippen molar-refractivity contribution in [1.82, 2.24) is 15.6 Å². The lowest BCUT2D eigenvalue weighted by atomic mass is 10.3. The first-order valence-corrected chi connectivity index (χ1v) is 10.2. The zero-order valence-electron chi connectivity index (χ0n) is 14.6. The summed E-state index contributed by atoms with van der Waals surface area (Å²) in [5.41, 5.74) is 1.26. The second kappa shape index (κ2) is 8.67. The van der Waals surface area contributed by atoms with Crippen molar-refractivity contribution >= 4 is 38.9 Å². The maximum Gasteiger partial charge on any atom is 0.191 e. The number of benzene rings is 1. The third-order valence-corrected chi connectivity index (χ3v) is 5.68. The van der Waals surface area contributed by atoms with Gasteiger partial charge in [-0.25, -0.2) is 9.98 Å². The third-order valence-electron chi connectivity index (χ3n) is 4.11. The van der Waals surface area contributed by atoms with Gasteiger partial charge in [-0.15, -0.1) is 11.3 Å². The van der Waals surface area contributed by atoms with Crippen LogP contribution in [-0.4, -0.2) is 36.6 Å². The number of nitrogens with one attached hydrogen (secondary N) is 2. The Hall–Kier alpha value is -1.60. The number of rotatable bonds is 5. The fourth-order valence-electron chi connectivity index (χ4n) is 2.94. The molecule has 2 N–H and O–H groups in total. The molecule has 134 valence electrons. The summed E-state index contributed by atoms with van der Waals surface area (Å²) < 4.78 is 1.15. The van der Waals surface area contributed by atoms with E-state index in [2.05, 4.69) is 74.6 Å². The van der Waals surface area contributed by atoms with Gasteiger partial charge >= 0.3 is 0 Å². The molecule has 1 aliphatic rings. The van der Waals surface area contributed by atoms with Gasteiger partial charge in [-0.1, -0.05) is 12.1 Å². The van der Waals surface area contributed by atoms with Crippen LogP contribution in [0.4, 0.5) is 5.69 Å². The van der Waals surface area contributed by atoms with Gasteiger partial charge in [0.25, 0.3) is 0 Å². The van der Waals surface area contributed by atoms with Crippen molar-refractivity contribution < 1.29 is 0 Å². The van der Waals surface area contributed by atoms with Crippen LogP contribution in [0.3, 0.4) is 0 Å². The Morgan fingerprint density at radius 3 is 3.00 bits per heavy atom. The average Bonchev–Trinajstić information content (AvgIpc) is 3.22. The third kappa shape index (κ3) is 4.95. The average molecular weight is 422 g/mol. The van der Waals surface area contributed by atoms with Crippen LogP contribution in [0.2, 0.25) is 0 Å². The van der Waals surface area contributed by atoms with E-state index in [1.54, 1.807) is 11.3 Å². The Morgan fingerprint density at radius 2 is 2.28 bits per heavy atom. The molecule has 25 heavy (non-hydrogen) atoms. The molecule has 1 aromatic heterocycles. The number of aryl methyl sites for hydroxylation is 1. The number of thiazole rings is 1. The van der Waals surface area contributed by atoms with E-state index in [0.717, 1.165) is 41.5 Å². The molecule has 1 saturated heterocycles. The molecular weight excluding hydrogens is 398 g/mol. The Kier molecular flexibility index (Phi) is 6.31. The van der Waals surface area contributed by atoms with E-state index in [-0.39, 0.29) is 0 Å². The monoisotopic (exact) mass is 421 g/mol. The van der Waals surface area contributed by atoms with Crippen molar-refractivity contribution in [3.05, 3.63) is 44.8 Å². The maximum absolute atomic E-state index is 4.69. The predicted molar refractivity (Wildman–Crippen MR) is 110 cm³/mol. The molecule has 2 heterocycles. The zero-order chi connectivity index (χ0) is 17.6. The molecule has 3 rings (SSSR count). The SMILES string of the molecule is CCNC(=NCc1ncc(C)s1)NC1CCN(c2ccccc2Br)C1. The van der Waals surface area contributed by atoms with Crippen molar-refractivity contribution in [2.45, 2.75) is 32.9 Å². The largest absolute Gasteiger partial charge is 0.368 e. The first-order valence-electron chi connectivity index (χ1n) is 8.61. The minimum atomic E-state index is 0.392. The van der Waals surface area contributed by atoms with Gasteiger partial charge in [0.1, 0.15) is 5.01 Å². The van der Waals surface area contributed by atoms with Crippen molar-refractivity contribution in [2.24, 2.45) is 4.99 Å². The van der Waals surface area contributed by atoms with Gasteiger partial charge in [-0.05, 0) is 48.3 Å². The number of halogens is 1. The smallest absolute Gasteiger partial charge is 0.191 e. The van der Waals surface area contributed by atoms with Crippen LogP contribution in [0.1, 0.15) is 23.2 Å². The Labute approximate surface area is 161 Å². The highest BCUT2D eigenvalue weighted by molar-refractivity contribution is 9.10. The van der Waals surface area contributed by atoms with Gasteiger partial charge in [-0.3, -0.25) is 0 Å². The fourth-order valence-corrected chi connectivity index (χ4v) is 4.19. The molecule has 1 aliphatic heterocycles. The van der Waals surface area contributed by atoms with E-state index in [1.165, 1.54) is 10.6 Å². The highest BCUT2D eigenvalue weighted by Crippen LogP contribution is 2.28. The van der Waals surface area contributed by atoms with E-state index in [4.69, 9.17) is 4.99 Å². The van der Waals surface area contributed by atoms with Gasteiger partial charge in [0.05, 0.1) is 12.2 Å². The molecule has 0 saturated carbocycles. The number of guanidine groups is 1. The van der Waals surface area contributed by atoms with Crippen LogP contribution in [0, 0.1) is 6.92 Å². The summed E-state index contributed by atoms with van der Waals surface area (Å²) in [7, 11) is 0. The van der Waals surface area contributed by atoms with Crippen LogP contribution in [0.25, 0.3) is 0 Å². The molecular formula is C18H24BrN5S. The van der Waals surface area contributed by atoms with Crippen LogP contribution >= 0.6 is 27.3 Å². The van der Waals surface area contributed by atoms with Crippen molar-refractivity contribution in [3.63, 3.8) is 0 Å². The van der Waals surface area contributed by atoms with Crippen LogP contribution < -0.4 is 15.5 Å². The lowest BCUT2D eigenvalue weighted by Crippen LogP contribution is -2.44. The molecule has 1 unspecified atom stereocenters. The van der Waals surface area contributed by atoms with Gasteiger partial charge < -0.3 is 15.5 Å². The number of nitrogens with zero attached hydrogens (tertiary/aromatic N) is 3. The van der Waals surface area contributed by atoms with Gasteiger partial charge in [0.2, 0.25) is 0 Å². The molecule has 0 radical (unpaired) electrons. The molecule has 1 atom stereocenters. The minimum Gasteiger partial charge on any atom is -0.368 e. The highest BCUT2D eigenvalue weighted by Gasteiger charge is 2.24. The first kappa shape index (κ1) is 18.2. The summed E-state index contributed by atoms with van der Waals surface area (Å²) in [6.07, 6.45) is 3.00. The van der Waals surface area contributed by atoms with Crippen LogP contribution in [-0.2, 0) is 6.54 Å². The Bertz CT molecular complexity index is 730. The lowest BCUT2D eigenvalue weighted by molar-refractivity contribution is 0.649. The standard InChI is InChI=1S/C18H24BrN5S/c1-3-20-18(22-11-17-21-10-13(2)25-17)23-14-8-9-24(12-14)16-7-5-4-6-15(16)19/h4-7,10,14H,3,8-9,11-12H2,1-2H3,(H2,20,22,23). The molecule has 5 nitrogen and oxygen atoms in total. The number of para-hydroxylation sites is 1. The van der Waals surface area contributed by atoms with Gasteiger partial charge in [-0.2, -0.15) is 0 Å². The predicted octanol–water partition coefficient (Wildman–Crippen LogP) is 3.55. The summed E-state index contributed by atoms with van der Waals surface area (Å²) in [4.78, 5) is 12.7. The maximum atomic E-state index is 4.69. The Morgan fingerprint density at radius 1 is 1.44 bits per heavy atom. The highest BCUT2D eigenvalue weighted by atomic mass is 79.9. The molecule has 0 aliphatic carbocycles. The van der Waals surface area contributed by atoms with Crippen molar-refractivity contribution in [2.75, 3.05) is 24.5 Å². The normalized spacial score (nSPS) is 17.8. The number of aliphatic imine (C=N–C) groups is 1. The van der Waals surface area contributed by atoms with E-state index < -0.39 is 0 Å². The summed E-state index contributed by atoms with van der Waals surface area (Å²) in [6.45, 7) is 7.66. The topological polar surface area (TPSA) is 52.6 Å². The molecule has 0 bridgehead atoms. The first-order chi connectivity index (χ1) is 12.2. The summed E-state index contributed by atoms with van der Waals surface area (Å²) in [5.74, 6) is 0.870. The molecule has 2 aromatic rings. The van der Waals surface area contributed by atoms with Gasteiger partial charge in [0, 0.05) is 41.2 Å². The van der Waals surface area contributed by atoms with E-state index in [9.17, 15) is 0 Å². The van der Waals surface area contributed by atoms with E-state index in [0.29, 0.717) is 12.6 Å². The fraction of sp³-hybridized carbons (Fsp3) is 0.444. The summed E-state index contributed by atoms with van der Waals surface area (Å²) in [5, 5.41) is 7.96. The van der Waals surface area contributed by atoms with E-state index >= 15 is 0 Å². The number of anilines is 1. The molecule has 7 heteroatoms. The molecule has 1 aromatic carbocycles. The van der Waals surface area contributed by atoms with Crippen molar-refractivity contribution in [1.29, 1.82) is 0 Å². The lowest BCUT2D eigenvalue weighted by Gasteiger charge is -2.21. The van der Waals surface area contributed by atoms with Crippen molar-refractivity contribution in [3.8, 4) is 0 Å². The van der Waals surface area contributed by atoms with Gasteiger partial charge in [0.15, 0.2) is 5.96 Å². The molecule has 0 spiro atoms. The van der Waals surface area contributed by atoms with E-state index in [1.807, 2.05) is 6.20 Å². The number of hydrogen-bond donors (Lipinski definition) is 2. The quantitative estimate of drug-likeness (QED) is 0.572. The number of aromatic nitrogens is 1. The number of hydrogen-bond acceptors (Lipinski definition) is 4. The Balaban J connectivity index is 1.60. The van der Waals surface area contributed by atoms with Crippen LogP contribution in [0.15, 0.2) is 39.9 Å². The molecule has 1 fully saturated rings. The zero-order valence-corrected chi connectivity index (χ0v) is 17.0. The summed E-state index contributed by atoms with van der Waals surface area (Å²) in [6, 6.07) is 8.79. The van der Waals surface area contributed by atoms with Crippen LogP contribution in [0.5, 0.6) is 0 Å². The second-order valence-electron chi connectivity index (χ2n) is 6.09. The second-order valence-corrected chi connectivity index (χ2v) is 8.26. The minimum absolute atomic E-state index is 0.392. The molecule has 0 amide bonds. The summed E-state index contributed by atoms with van der Waals surface area (Å²) >= 11 is 5.35.